The zero-order chi connectivity index (χ0) is 11.9. The standard InChI is InChI=1S/C11H18O4/c1-11(2,8-6-10(14)15)7-4-3-5-9(12)13/h3-4H,5-8H2,1-2H3,(H,12,13)(H,14,15). The van der Waals surface area contributed by atoms with E-state index in [-0.39, 0.29) is 18.3 Å². The highest BCUT2D eigenvalue weighted by Gasteiger charge is 2.17. The summed E-state index contributed by atoms with van der Waals surface area (Å²) in [7, 11) is 0. The molecule has 0 rings (SSSR count). The van der Waals surface area contributed by atoms with E-state index in [9.17, 15) is 9.59 Å². The van der Waals surface area contributed by atoms with Crippen LogP contribution in [0.15, 0.2) is 12.2 Å². The average Bonchev–Trinajstić information content (AvgIpc) is 2.09. The first-order valence-electron chi connectivity index (χ1n) is 4.92. The van der Waals surface area contributed by atoms with Crippen molar-refractivity contribution in [1.82, 2.24) is 0 Å². The predicted molar refractivity (Wildman–Crippen MR) is 56.7 cm³/mol. The zero-order valence-electron chi connectivity index (χ0n) is 9.19. The Balaban J connectivity index is 3.87. The number of carbonyl (C=O) groups is 2. The minimum absolute atomic E-state index is 0.0228. The Kier molecular flexibility index (Phi) is 5.67. The lowest BCUT2D eigenvalue weighted by atomic mass is 9.84. The molecule has 86 valence electrons. The lowest BCUT2D eigenvalue weighted by Crippen LogP contribution is -2.12. The molecule has 0 heterocycles. The molecule has 0 aromatic carbocycles. The maximum atomic E-state index is 10.4. The molecule has 0 radical (unpaired) electrons. The number of hydrogen-bond donors (Lipinski definition) is 2. The van der Waals surface area contributed by atoms with Crippen LogP contribution in [0.4, 0.5) is 0 Å². The molecule has 0 aliphatic carbocycles. The third-order valence-electron chi connectivity index (χ3n) is 2.15. The Hall–Kier alpha value is -1.32. The summed E-state index contributed by atoms with van der Waals surface area (Å²) in [5, 5.41) is 16.9. The smallest absolute Gasteiger partial charge is 0.307 e. The van der Waals surface area contributed by atoms with Gasteiger partial charge in [-0.2, -0.15) is 0 Å². The van der Waals surface area contributed by atoms with Gasteiger partial charge in [0.15, 0.2) is 0 Å². The van der Waals surface area contributed by atoms with Gasteiger partial charge in [0.05, 0.1) is 6.42 Å². The molecule has 0 fully saturated rings. The summed E-state index contributed by atoms with van der Waals surface area (Å²) in [6.45, 7) is 3.95. The van der Waals surface area contributed by atoms with Gasteiger partial charge in [0.25, 0.3) is 0 Å². The Morgan fingerprint density at radius 3 is 2.20 bits per heavy atom. The quantitative estimate of drug-likeness (QED) is 0.637. The molecule has 0 amide bonds. The Labute approximate surface area is 89.6 Å². The van der Waals surface area contributed by atoms with E-state index in [1.54, 1.807) is 12.2 Å². The van der Waals surface area contributed by atoms with E-state index in [2.05, 4.69) is 0 Å². The minimum Gasteiger partial charge on any atom is -0.481 e. The molecular formula is C11H18O4. The lowest BCUT2D eigenvalue weighted by Gasteiger charge is -2.21. The fourth-order valence-electron chi connectivity index (χ4n) is 1.13. The van der Waals surface area contributed by atoms with Crippen molar-refractivity contribution in [1.29, 1.82) is 0 Å². The predicted octanol–water partition coefficient (Wildman–Crippen LogP) is 2.30. The molecule has 0 saturated heterocycles. The van der Waals surface area contributed by atoms with Gasteiger partial charge >= 0.3 is 11.9 Å². The molecule has 0 spiro atoms. The molecule has 0 atom stereocenters. The molecule has 4 heteroatoms. The average molecular weight is 214 g/mol. The second-order valence-corrected chi connectivity index (χ2v) is 4.33. The van der Waals surface area contributed by atoms with Crippen molar-refractivity contribution in [2.75, 3.05) is 0 Å². The molecule has 0 saturated carbocycles. The van der Waals surface area contributed by atoms with Crippen molar-refractivity contribution < 1.29 is 19.8 Å². The highest BCUT2D eigenvalue weighted by Crippen LogP contribution is 2.27. The van der Waals surface area contributed by atoms with Gasteiger partial charge in [0, 0.05) is 6.42 Å². The fraction of sp³-hybridized carbons (Fsp3) is 0.636. The third-order valence-corrected chi connectivity index (χ3v) is 2.15. The molecule has 0 aromatic heterocycles. The van der Waals surface area contributed by atoms with Crippen molar-refractivity contribution >= 4 is 11.9 Å². The maximum Gasteiger partial charge on any atom is 0.307 e. The minimum atomic E-state index is -0.852. The first kappa shape index (κ1) is 13.7. The number of carboxylic acids is 2. The van der Waals surface area contributed by atoms with Crippen LogP contribution in [0.5, 0.6) is 0 Å². The van der Waals surface area contributed by atoms with Gasteiger partial charge in [0.2, 0.25) is 0 Å². The summed E-state index contributed by atoms with van der Waals surface area (Å²) >= 11 is 0. The summed E-state index contributed by atoms with van der Waals surface area (Å²) in [6.07, 6.45) is 4.88. The maximum absolute atomic E-state index is 10.4. The van der Waals surface area contributed by atoms with Crippen molar-refractivity contribution in [3.63, 3.8) is 0 Å². The zero-order valence-corrected chi connectivity index (χ0v) is 9.19. The van der Waals surface area contributed by atoms with Gasteiger partial charge in [0.1, 0.15) is 0 Å². The molecule has 15 heavy (non-hydrogen) atoms. The second kappa shape index (κ2) is 6.22. The van der Waals surface area contributed by atoms with Gasteiger partial charge in [-0.15, -0.1) is 0 Å². The topological polar surface area (TPSA) is 74.6 Å². The normalized spacial score (nSPS) is 11.9. The molecule has 0 unspecified atom stereocenters. The van der Waals surface area contributed by atoms with Crippen LogP contribution in [-0.4, -0.2) is 22.2 Å². The SMILES string of the molecule is CC(C)(CC=CCC(=O)O)CCC(=O)O. The Morgan fingerprint density at radius 1 is 1.13 bits per heavy atom. The van der Waals surface area contributed by atoms with Crippen molar-refractivity contribution in [2.45, 2.75) is 39.5 Å². The molecule has 4 nitrogen and oxygen atoms in total. The van der Waals surface area contributed by atoms with Gasteiger partial charge in [-0.25, -0.2) is 0 Å². The van der Waals surface area contributed by atoms with Crippen LogP contribution in [0.25, 0.3) is 0 Å². The summed E-state index contributed by atoms with van der Waals surface area (Å²) < 4.78 is 0. The van der Waals surface area contributed by atoms with Crippen LogP contribution in [0, 0.1) is 5.41 Å². The van der Waals surface area contributed by atoms with E-state index in [1.165, 1.54) is 0 Å². The molecule has 2 N–H and O–H groups in total. The van der Waals surface area contributed by atoms with Gasteiger partial charge in [-0.3, -0.25) is 9.59 Å². The summed E-state index contributed by atoms with van der Waals surface area (Å²) in [5.74, 6) is -1.65. The molecule has 0 aliphatic rings. The van der Waals surface area contributed by atoms with Crippen molar-refractivity contribution in [3.8, 4) is 0 Å². The molecule has 0 aromatic rings. The highest BCUT2D eigenvalue weighted by atomic mass is 16.4. The van der Waals surface area contributed by atoms with Gasteiger partial charge in [-0.05, 0) is 18.3 Å². The van der Waals surface area contributed by atoms with Gasteiger partial charge < -0.3 is 10.2 Å². The van der Waals surface area contributed by atoms with E-state index in [0.29, 0.717) is 12.8 Å². The number of carboxylic acid groups (broad SMARTS) is 2. The molecular weight excluding hydrogens is 196 g/mol. The molecule has 0 aliphatic heterocycles. The van der Waals surface area contributed by atoms with Crippen LogP contribution < -0.4 is 0 Å². The Bertz CT molecular complexity index is 253. The number of hydrogen-bond acceptors (Lipinski definition) is 2. The Morgan fingerprint density at radius 2 is 1.73 bits per heavy atom. The van der Waals surface area contributed by atoms with Crippen LogP contribution >= 0.6 is 0 Å². The van der Waals surface area contributed by atoms with E-state index >= 15 is 0 Å². The summed E-state index contributed by atoms with van der Waals surface area (Å²) in [4.78, 5) is 20.6. The van der Waals surface area contributed by atoms with Crippen LogP contribution in [0.1, 0.15) is 39.5 Å². The first-order chi connectivity index (χ1) is 6.83. The van der Waals surface area contributed by atoms with Gasteiger partial charge in [-0.1, -0.05) is 26.0 Å². The fourth-order valence-corrected chi connectivity index (χ4v) is 1.13. The van der Waals surface area contributed by atoms with Crippen molar-refractivity contribution in [3.05, 3.63) is 12.2 Å². The lowest BCUT2D eigenvalue weighted by molar-refractivity contribution is -0.138. The van der Waals surface area contributed by atoms with E-state index < -0.39 is 11.9 Å². The third kappa shape index (κ3) is 9.00. The van der Waals surface area contributed by atoms with E-state index in [4.69, 9.17) is 10.2 Å². The first-order valence-corrected chi connectivity index (χ1v) is 4.92. The summed E-state index contributed by atoms with van der Waals surface area (Å²) in [6, 6.07) is 0. The number of rotatable bonds is 7. The van der Waals surface area contributed by atoms with E-state index in [0.717, 1.165) is 0 Å². The largest absolute Gasteiger partial charge is 0.481 e. The highest BCUT2D eigenvalue weighted by molar-refractivity contribution is 5.68. The monoisotopic (exact) mass is 214 g/mol. The second-order valence-electron chi connectivity index (χ2n) is 4.33. The van der Waals surface area contributed by atoms with E-state index in [1.807, 2.05) is 13.8 Å². The van der Waals surface area contributed by atoms with Crippen LogP contribution in [-0.2, 0) is 9.59 Å². The summed E-state index contributed by atoms with van der Waals surface area (Å²) in [5.41, 5.74) is -0.0899. The van der Waals surface area contributed by atoms with Crippen LogP contribution in [0.2, 0.25) is 0 Å². The molecule has 0 bridgehead atoms. The number of aliphatic carboxylic acids is 2. The van der Waals surface area contributed by atoms with Crippen LogP contribution in [0.3, 0.4) is 0 Å². The number of allylic oxidation sites excluding steroid dienone is 1. The van der Waals surface area contributed by atoms with Crippen molar-refractivity contribution in [2.24, 2.45) is 5.41 Å².